The molecule has 16 heavy (non-hydrogen) atoms. The molecule has 1 aromatic carbocycles. The molecule has 1 N–H and O–H groups in total. The van der Waals surface area contributed by atoms with Gasteiger partial charge < -0.3 is 5.32 Å². The molecule has 0 heterocycles. The van der Waals surface area contributed by atoms with E-state index in [9.17, 15) is 4.79 Å². The fourth-order valence-electron chi connectivity index (χ4n) is 1.12. The summed E-state index contributed by atoms with van der Waals surface area (Å²) in [5.41, 5.74) is 0.503. The van der Waals surface area contributed by atoms with Crippen molar-refractivity contribution in [1.82, 2.24) is 5.32 Å². The van der Waals surface area contributed by atoms with Crippen molar-refractivity contribution in [2.75, 3.05) is 0 Å². The highest BCUT2D eigenvalue weighted by molar-refractivity contribution is 9.10. The number of carbonyl (C=O) groups excluding carboxylic acids is 1. The van der Waals surface area contributed by atoms with Gasteiger partial charge in [0.25, 0.3) is 5.91 Å². The van der Waals surface area contributed by atoms with Crippen LogP contribution in [0.15, 0.2) is 22.7 Å². The fourth-order valence-corrected chi connectivity index (χ4v) is 1.69. The van der Waals surface area contributed by atoms with Gasteiger partial charge in [-0.15, -0.1) is 0 Å². The number of nitrogens with one attached hydrogen (secondary N) is 1. The predicted molar refractivity (Wildman–Crippen MR) is 70.9 cm³/mol. The lowest BCUT2D eigenvalue weighted by atomic mass is 10.1. The van der Waals surface area contributed by atoms with Crippen molar-refractivity contribution in [3.05, 3.63) is 33.3 Å². The van der Waals surface area contributed by atoms with Crippen molar-refractivity contribution >= 4 is 33.4 Å². The van der Waals surface area contributed by atoms with E-state index >= 15 is 0 Å². The van der Waals surface area contributed by atoms with Crippen LogP contribution in [0.4, 0.5) is 0 Å². The second kappa shape index (κ2) is 5.69. The van der Waals surface area contributed by atoms with Crippen molar-refractivity contribution in [1.29, 1.82) is 0 Å². The Kier molecular flexibility index (Phi) is 4.81. The molecule has 88 valence electrons. The molecule has 0 saturated carbocycles. The van der Waals surface area contributed by atoms with E-state index in [0.29, 0.717) is 16.5 Å². The minimum Gasteiger partial charge on any atom is -0.349 e. The number of halogens is 2. The molecule has 2 nitrogen and oxygen atoms in total. The van der Waals surface area contributed by atoms with Crippen LogP contribution in [-0.4, -0.2) is 11.9 Å². The average Bonchev–Trinajstić information content (AvgIpc) is 2.21. The van der Waals surface area contributed by atoms with E-state index in [2.05, 4.69) is 35.1 Å². The maximum Gasteiger partial charge on any atom is 0.253 e. The van der Waals surface area contributed by atoms with Gasteiger partial charge in [0, 0.05) is 10.5 Å². The van der Waals surface area contributed by atoms with Crippen molar-refractivity contribution in [2.45, 2.75) is 26.8 Å². The minimum atomic E-state index is -0.132. The Hall–Kier alpha value is -0.540. The summed E-state index contributed by atoms with van der Waals surface area (Å²) in [5.74, 6) is 0.266. The van der Waals surface area contributed by atoms with Gasteiger partial charge in [0.05, 0.1) is 10.6 Å². The Labute approximate surface area is 110 Å². The second-order valence-corrected chi connectivity index (χ2v) is 5.45. The van der Waals surface area contributed by atoms with Gasteiger partial charge in [-0.05, 0) is 31.0 Å². The molecule has 0 fully saturated rings. The number of rotatable bonds is 3. The van der Waals surface area contributed by atoms with Crippen molar-refractivity contribution < 1.29 is 4.79 Å². The summed E-state index contributed by atoms with van der Waals surface area (Å²) >= 11 is 9.29. The molecule has 1 aromatic rings. The topological polar surface area (TPSA) is 29.1 Å². The minimum absolute atomic E-state index is 0.127. The first-order valence-electron chi connectivity index (χ1n) is 5.17. The first-order chi connectivity index (χ1) is 7.41. The summed E-state index contributed by atoms with van der Waals surface area (Å²) in [6.45, 7) is 6.11. The van der Waals surface area contributed by atoms with Crippen LogP contribution >= 0.6 is 27.5 Å². The van der Waals surface area contributed by atoms with Gasteiger partial charge in [-0.2, -0.15) is 0 Å². The molecule has 0 saturated heterocycles. The van der Waals surface area contributed by atoms with Crippen LogP contribution in [-0.2, 0) is 0 Å². The number of amides is 1. The summed E-state index contributed by atoms with van der Waals surface area (Å²) in [6.07, 6.45) is 0. The zero-order valence-electron chi connectivity index (χ0n) is 9.55. The quantitative estimate of drug-likeness (QED) is 0.902. The van der Waals surface area contributed by atoms with Gasteiger partial charge in [0.15, 0.2) is 0 Å². The van der Waals surface area contributed by atoms with Crippen LogP contribution in [0.2, 0.25) is 5.02 Å². The highest BCUT2D eigenvalue weighted by atomic mass is 79.9. The van der Waals surface area contributed by atoms with Gasteiger partial charge in [-0.1, -0.05) is 41.4 Å². The van der Waals surface area contributed by atoms with E-state index < -0.39 is 0 Å². The summed E-state index contributed by atoms with van der Waals surface area (Å²) in [4.78, 5) is 11.9. The maximum absolute atomic E-state index is 11.9. The van der Waals surface area contributed by atoms with Crippen LogP contribution < -0.4 is 5.32 Å². The van der Waals surface area contributed by atoms with E-state index in [0.717, 1.165) is 4.47 Å². The third-order valence-corrected chi connectivity index (χ3v) is 3.35. The molecule has 1 atom stereocenters. The normalized spacial score (nSPS) is 12.6. The lowest BCUT2D eigenvalue weighted by Crippen LogP contribution is -2.36. The van der Waals surface area contributed by atoms with Crippen LogP contribution in [0, 0.1) is 5.92 Å². The highest BCUT2D eigenvalue weighted by Crippen LogP contribution is 2.21. The predicted octanol–water partition coefficient (Wildman–Crippen LogP) is 3.88. The molecule has 0 radical (unpaired) electrons. The molecule has 4 heteroatoms. The first-order valence-corrected chi connectivity index (χ1v) is 6.35. The Bertz CT molecular complexity index is 393. The Balaban J connectivity index is 2.84. The van der Waals surface area contributed by atoms with Gasteiger partial charge in [-0.3, -0.25) is 4.79 Å². The largest absolute Gasteiger partial charge is 0.349 e. The molecule has 0 bridgehead atoms. The summed E-state index contributed by atoms with van der Waals surface area (Å²) in [7, 11) is 0. The third kappa shape index (κ3) is 3.49. The van der Waals surface area contributed by atoms with Gasteiger partial charge in [0.2, 0.25) is 0 Å². The highest BCUT2D eigenvalue weighted by Gasteiger charge is 2.15. The molecular formula is C12H15BrClNO. The van der Waals surface area contributed by atoms with E-state index in [1.54, 1.807) is 12.1 Å². The van der Waals surface area contributed by atoms with E-state index in [1.807, 2.05) is 13.0 Å². The second-order valence-electron chi connectivity index (χ2n) is 4.13. The van der Waals surface area contributed by atoms with Crippen molar-refractivity contribution in [3.8, 4) is 0 Å². The van der Waals surface area contributed by atoms with Crippen molar-refractivity contribution in [3.63, 3.8) is 0 Å². The molecule has 0 aliphatic heterocycles. The van der Waals surface area contributed by atoms with Gasteiger partial charge in [-0.25, -0.2) is 0 Å². The van der Waals surface area contributed by atoms with Crippen LogP contribution in [0.25, 0.3) is 0 Å². The van der Waals surface area contributed by atoms with Crippen LogP contribution in [0.1, 0.15) is 31.1 Å². The number of hydrogen-bond acceptors (Lipinski definition) is 1. The Morgan fingerprint density at radius 1 is 1.38 bits per heavy atom. The van der Waals surface area contributed by atoms with Gasteiger partial charge >= 0.3 is 0 Å². The Morgan fingerprint density at radius 2 is 2.00 bits per heavy atom. The number of carbonyl (C=O) groups is 1. The smallest absolute Gasteiger partial charge is 0.253 e. The monoisotopic (exact) mass is 303 g/mol. The fraction of sp³-hybridized carbons (Fsp3) is 0.417. The zero-order valence-corrected chi connectivity index (χ0v) is 11.9. The molecular weight excluding hydrogens is 289 g/mol. The lowest BCUT2D eigenvalue weighted by Gasteiger charge is -2.17. The molecule has 1 amide bonds. The molecule has 0 aromatic heterocycles. The van der Waals surface area contributed by atoms with E-state index in [-0.39, 0.29) is 11.9 Å². The van der Waals surface area contributed by atoms with Gasteiger partial charge in [0.1, 0.15) is 0 Å². The maximum atomic E-state index is 11.9. The Morgan fingerprint density at radius 3 is 2.56 bits per heavy atom. The molecule has 0 aliphatic carbocycles. The zero-order chi connectivity index (χ0) is 12.3. The number of benzene rings is 1. The first kappa shape index (κ1) is 13.5. The summed E-state index contributed by atoms with van der Waals surface area (Å²) in [5, 5.41) is 3.39. The summed E-state index contributed by atoms with van der Waals surface area (Å²) in [6, 6.07) is 5.37. The molecule has 0 unspecified atom stereocenters. The molecule has 0 aliphatic rings. The standard InChI is InChI=1S/C12H15BrClNO/c1-7(2)8(3)15-12(16)10-6-9(13)4-5-11(10)14/h4-8H,1-3H3,(H,15,16)/t8-/m1/s1. The van der Waals surface area contributed by atoms with Crippen LogP contribution in [0.3, 0.4) is 0 Å². The molecule has 0 spiro atoms. The molecule has 1 rings (SSSR count). The van der Waals surface area contributed by atoms with E-state index in [1.165, 1.54) is 0 Å². The van der Waals surface area contributed by atoms with E-state index in [4.69, 9.17) is 11.6 Å². The lowest BCUT2D eigenvalue weighted by molar-refractivity contribution is 0.0930. The number of hydrogen-bond donors (Lipinski definition) is 1. The average molecular weight is 305 g/mol. The van der Waals surface area contributed by atoms with Crippen LogP contribution in [0.5, 0.6) is 0 Å². The summed E-state index contributed by atoms with van der Waals surface area (Å²) < 4.78 is 0.847. The SMILES string of the molecule is CC(C)[C@@H](C)NC(=O)c1cc(Br)ccc1Cl. The third-order valence-electron chi connectivity index (χ3n) is 2.53. The van der Waals surface area contributed by atoms with Crippen molar-refractivity contribution in [2.24, 2.45) is 5.92 Å².